The van der Waals surface area contributed by atoms with Crippen molar-refractivity contribution in [3.8, 4) is 5.69 Å². The van der Waals surface area contributed by atoms with Gasteiger partial charge in [0.25, 0.3) is 0 Å². The van der Waals surface area contributed by atoms with Gasteiger partial charge >= 0.3 is 0 Å². The fraction of sp³-hybridized carbons (Fsp3) is 0.409. The quantitative estimate of drug-likeness (QED) is 0.190. The first-order valence-corrected chi connectivity index (χ1v) is 20.9. The van der Waals surface area contributed by atoms with Gasteiger partial charge in [-0.1, -0.05) is 18.2 Å². The molecule has 14 nitrogen and oxygen atoms in total. The molecule has 2 aromatic carbocycles. The number of anilines is 6. The molecule has 4 saturated heterocycles. The van der Waals surface area contributed by atoms with Crippen LogP contribution in [0.25, 0.3) is 27.5 Å². The lowest BCUT2D eigenvalue weighted by molar-refractivity contribution is -0.565. The maximum atomic E-state index is 5.56. The van der Waals surface area contributed by atoms with Gasteiger partial charge in [0.15, 0.2) is 6.20 Å². The first-order chi connectivity index (χ1) is 28.7. The van der Waals surface area contributed by atoms with Crippen molar-refractivity contribution in [2.75, 3.05) is 109 Å². The number of piperidine rings is 2. The topological polar surface area (TPSA) is 124 Å². The molecular formula is C44H51N12O2+. The molecule has 6 aromatic rings. The summed E-state index contributed by atoms with van der Waals surface area (Å²) in [6.45, 7) is 10.0. The smallest absolute Gasteiger partial charge is 0.239 e. The third-order valence-electron chi connectivity index (χ3n) is 11.9. The number of fused-ring (bicyclic) bond motifs is 2. The number of para-hydroxylation sites is 1. The first-order valence-electron chi connectivity index (χ1n) is 20.9. The second kappa shape index (κ2) is 16.5. The lowest BCUT2D eigenvalue weighted by Gasteiger charge is -2.35. The van der Waals surface area contributed by atoms with Crippen molar-refractivity contribution in [3.05, 3.63) is 91.8 Å². The summed E-state index contributed by atoms with van der Waals surface area (Å²) < 4.78 is 13.5. The van der Waals surface area contributed by atoms with Crippen LogP contribution >= 0.6 is 0 Å². The predicted molar refractivity (Wildman–Crippen MR) is 229 cm³/mol. The maximum absolute atomic E-state index is 5.56. The molecule has 0 bridgehead atoms. The van der Waals surface area contributed by atoms with E-state index in [0.29, 0.717) is 0 Å². The van der Waals surface area contributed by atoms with Crippen molar-refractivity contribution in [2.24, 2.45) is 0 Å². The minimum absolute atomic E-state index is 0.250. The molecule has 4 aliphatic rings. The van der Waals surface area contributed by atoms with Gasteiger partial charge in [-0.2, -0.15) is 4.57 Å². The van der Waals surface area contributed by atoms with Gasteiger partial charge in [-0.25, -0.2) is 24.9 Å². The Morgan fingerprint density at radius 2 is 1.16 bits per heavy atom. The summed E-state index contributed by atoms with van der Waals surface area (Å²) in [7, 11) is 0. The maximum Gasteiger partial charge on any atom is 0.239 e. The number of hydrogen-bond donors (Lipinski definition) is 2. The molecule has 0 unspecified atom stereocenters. The monoisotopic (exact) mass is 779 g/mol. The van der Waals surface area contributed by atoms with Crippen molar-refractivity contribution < 1.29 is 14.0 Å². The van der Waals surface area contributed by atoms with E-state index >= 15 is 0 Å². The number of ether oxygens (including phenoxy) is 2. The van der Waals surface area contributed by atoms with Crippen LogP contribution in [0.5, 0.6) is 0 Å². The van der Waals surface area contributed by atoms with Gasteiger partial charge in [-0.3, -0.25) is 0 Å². The first kappa shape index (κ1) is 36.5. The van der Waals surface area contributed by atoms with E-state index in [1.54, 1.807) is 12.7 Å². The number of nitrogens with zero attached hydrogens (tertiary/aromatic N) is 10. The van der Waals surface area contributed by atoms with E-state index in [1.165, 1.54) is 16.8 Å². The zero-order valence-corrected chi connectivity index (χ0v) is 32.9. The second-order valence-electron chi connectivity index (χ2n) is 15.7. The molecule has 8 heterocycles. The van der Waals surface area contributed by atoms with Crippen LogP contribution in [0.4, 0.5) is 34.6 Å². The summed E-state index contributed by atoms with van der Waals surface area (Å²) in [4.78, 5) is 32.9. The van der Waals surface area contributed by atoms with E-state index in [0.717, 1.165) is 150 Å². The summed E-state index contributed by atoms with van der Waals surface area (Å²) in [5.41, 5.74) is 5.61. The second-order valence-corrected chi connectivity index (χ2v) is 15.7. The third-order valence-corrected chi connectivity index (χ3v) is 11.9. The molecule has 4 aromatic heterocycles. The van der Waals surface area contributed by atoms with Gasteiger partial charge in [-0.15, -0.1) is 0 Å². The van der Waals surface area contributed by atoms with Crippen LogP contribution < -0.4 is 34.8 Å². The zero-order chi connectivity index (χ0) is 38.7. The van der Waals surface area contributed by atoms with Gasteiger partial charge in [-0.05, 0) is 49.9 Å². The molecule has 0 radical (unpaired) electrons. The largest absolute Gasteiger partial charge is 0.378 e. The van der Waals surface area contributed by atoms with Gasteiger partial charge in [0.05, 0.1) is 26.4 Å². The molecular weight excluding hydrogens is 729 g/mol. The molecule has 2 N–H and O–H groups in total. The molecule has 14 heteroatoms. The van der Waals surface area contributed by atoms with Crippen LogP contribution in [0.3, 0.4) is 0 Å². The molecule has 10 rings (SSSR count). The van der Waals surface area contributed by atoms with Crippen LogP contribution in [0.1, 0.15) is 25.7 Å². The fourth-order valence-corrected chi connectivity index (χ4v) is 8.98. The van der Waals surface area contributed by atoms with E-state index in [-0.39, 0.29) is 12.1 Å². The van der Waals surface area contributed by atoms with E-state index in [9.17, 15) is 0 Å². The van der Waals surface area contributed by atoms with Gasteiger partial charge in [0.1, 0.15) is 47.1 Å². The molecule has 4 aliphatic heterocycles. The van der Waals surface area contributed by atoms with Gasteiger partial charge < -0.3 is 39.7 Å². The van der Waals surface area contributed by atoms with Crippen molar-refractivity contribution >= 4 is 56.5 Å². The summed E-state index contributed by atoms with van der Waals surface area (Å²) in [5.74, 6) is 3.64. The summed E-state index contributed by atoms with van der Waals surface area (Å²) >= 11 is 0. The number of pyridine rings is 2. The lowest BCUT2D eigenvalue weighted by atomic mass is 10.0. The van der Waals surface area contributed by atoms with Crippen LogP contribution in [-0.2, 0) is 9.47 Å². The number of nitrogens with one attached hydrogen (secondary N) is 2. The van der Waals surface area contributed by atoms with Crippen molar-refractivity contribution in [2.45, 2.75) is 37.8 Å². The van der Waals surface area contributed by atoms with Gasteiger partial charge in [0.2, 0.25) is 11.2 Å². The Kier molecular flexibility index (Phi) is 10.4. The molecule has 298 valence electrons. The highest BCUT2D eigenvalue weighted by Gasteiger charge is 2.28. The summed E-state index contributed by atoms with van der Waals surface area (Å²) in [6.07, 6.45) is 11.9. The highest BCUT2D eigenvalue weighted by Crippen LogP contribution is 2.31. The Hall–Kier alpha value is -5.86. The lowest BCUT2D eigenvalue weighted by Crippen LogP contribution is -2.44. The number of aromatic nitrogens is 6. The number of rotatable bonds is 9. The van der Waals surface area contributed by atoms with Crippen LogP contribution in [0.2, 0.25) is 0 Å². The predicted octanol–water partition coefficient (Wildman–Crippen LogP) is 5.08. The average molecular weight is 780 g/mol. The van der Waals surface area contributed by atoms with Crippen LogP contribution in [-0.4, -0.2) is 116 Å². The Labute approximate surface area is 338 Å². The van der Waals surface area contributed by atoms with Crippen LogP contribution in [0.15, 0.2) is 91.8 Å². The molecule has 58 heavy (non-hydrogen) atoms. The number of benzene rings is 2. The summed E-state index contributed by atoms with van der Waals surface area (Å²) in [6, 6.07) is 24.6. The summed E-state index contributed by atoms with van der Waals surface area (Å²) in [5, 5.41) is 9.83. The number of hydrogen-bond acceptors (Lipinski definition) is 13. The minimum atomic E-state index is 0.250. The van der Waals surface area contributed by atoms with Crippen molar-refractivity contribution in [3.63, 3.8) is 0 Å². The zero-order valence-electron chi connectivity index (χ0n) is 32.9. The Morgan fingerprint density at radius 3 is 1.81 bits per heavy atom. The molecule has 4 fully saturated rings. The Balaban J connectivity index is 0.927. The van der Waals surface area contributed by atoms with Crippen LogP contribution in [0, 0.1) is 0 Å². The van der Waals surface area contributed by atoms with E-state index in [2.05, 4.69) is 122 Å². The number of morpholine rings is 2. The van der Waals surface area contributed by atoms with E-state index in [1.807, 2.05) is 12.3 Å². The molecule has 0 saturated carbocycles. The molecule has 2 atom stereocenters. The Bertz CT molecular complexity index is 2200. The normalized spacial score (nSPS) is 20.4. The highest BCUT2D eigenvalue weighted by atomic mass is 16.5. The van der Waals surface area contributed by atoms with E-state index < -0.39 is 0 Å². The van der Waals surface area contributed by atoms with Crippen molar-refractivity contribution in [1.82, 2.24) is 24.9 Å². The standard InChI is InChI=1S/C44H51N12O2/c1-2-10-38-32(6-1)22-37(55-13-5-9-35(28-55)51-41-26-43(49-31-47-41)53-16-20-58-21-17-53)29-56(38)39-24-36(23-33-7-3-11-45-44(33)39)54-12-4-8-34(27-54)50-40-25-42(48-30-46-40)52-14-18-57-19-15-52/h1-3,6-7,10-11,22-26,29-31,34-35H,4-5,8-9,12-21,27-28H2,(H,46,48,50)(H,47,49,51)/q+1/t34-,35-/m1/s1. The molecule has 0 amide bonds. The molecule has 0 spiro atoms. The minimum Gasteiger partial charge on any atom is -0.378 e. The third kappa shape index (κ3) is 7.86. The van der Waals surface area contributed by atoms with Crippen molar-refractivity contribution in [1.29, 1.82) is 0 Å². The van der Waals surface area contributed by atoms with E-state index in [4.69, 9.17) is 14.5 Å². The average Bonchev–Trinajstić information content (AvgIpc) is 3.29. The fourth-order valence-electron chi connectivity index (χ4n) is 8.98. The highest BCUT2D eigenvalue weighted by molar-refractivity contribution is 5.90. The Morgan fingerprint density at radius 1 is 0.569 bits per heavy atom. The van der Waals surface area contributed by atoms with Gasteiger partial charge in [0, 0.05) is 111 Å². The molecule has 0 aliphatic carbocycles. The SMILES string of the molecule is c1cnc2c(-[n+]3cc(N4CCC[C@@H](Nc5cc(N6CCOCC6)ncn5)C4)cc4ccccc43)cc(N3CCC[C@@H](Nc4cc(N5CCOCC5)ncn4)C3)cc2c1.